The molecule has 0 saturated carbocycles. The minimum Gasteiger partial charge on any atom is -0.359 e. The molecule has 0 fully saturated rings. The summed E-state index contributed by atoms with van der Waals surface area (Å²) in [4.78, 5) is 11.2. The maximum atomic E-state index is 11.2. The Balaban J connectivity index is 2.12. The summed E-state index contributed by atoms with van der Waals surface area (Å²) >= 11 is 0. The summed E-state index contributed by atoms with van der Waals surface area (Å²) in [5.41, 5.74) is 4.79. The van der Waals surface area contributed by atoms with Gasteiger partial charge in [-0.15, -0.1) is 0 Å². The topological polar surface area (TPSA) is 61.4 Å². The molecule has 2 rings (SSSR count). The molecule has 4 heteroatoms. The number of hydrogen-bond donors (Lipinski definition) is 3. The van der Waals surface area contributed by atoms with Crippen molar-refractivity contribution in [3.05, 3.63) is 42.1 Å². The normalized spacial score (nSPS) is 18.9. The van der Waals surface area contributed by atoms with Gasteiger partial charge in [-0.3, -0.25) is 10.0 Å². The first-order chi connectivity index (χ1) is 8.20. The molecule has 1 aliphatic rings. The van der Waals surface area contributed by atoms with Crippen molar-refractivity contribution in [2.45, 2.75) is 19.3 Å². The van der Waals surface area contributed by atoms with E-state index in [2.05, 4.69) is 18.0 Å². The number of benzene rings is 1. The zero-order valence-corrected chi connectivity index (χ0v) is 9.57. The molecule has 1 atom stereocenters. The second-order valence-corrected chi connectivity index (χ2v) is 4.28. The zero-order valence-electron chi connectivity index (χ0n) is 9.57. The Morgan fingerprint density at radius 1 is 1.53 bits per heavy atom. The Labute approximate surface area is 100 Å². The van der Waals surface area contributed by atoms with Crippen molar-refractivity contribution in [1.29, 1.82) is 0 Å². The van der Waals surface area contributed by atoms with Crippen LogP contribution in [0.5, 0.6) is 0 Å². The summed E-state index contributed by atoms with van der Waals surface area (Å²) in [6, 6.07) is 8.06. The average Bonchev–Trinajstić information content (AvgIpc) is 2.49. The number of hydrogen-bond acceptors (Lipinski definition) is 3. The van der Waals surface area contributed by atoms with Crippen LogP contribution in [0, 0.1) is 5.92 Å². The van der Waals surface area contributed by atoms with Gasteiger partial charge in [0.25, 0.3) is 0 Å². The maximum absolute atomic E-state index is 11.2. The highest BCUT2D eigenvalue weighted by atomic mass is 16.5. The number of nitrogens with one attached hydrogen (secondary N) is 2. The van der Waals surface area contributed by atoms with Crippen molar-refractivity contribution in [3.63, 3.8) is 0 Å². The van der Waals surface area contributed by atoms with Gasteiger partial charge in [-0.2, -0.15) is 0 Å². The number of allylic oxidation sites excluding steroid dienone is 1. The van der Waals surface area contributed by atoms with E-state index in [9.17, 15) is 4.79 Å². The number of hydroxylamine groups is 1. The Hall–Kier alpha value is -1.81. The molecule has 17 heavy (non-hydrogen) atoms. The van der Waals surface area contributed by atoms with Crippen molar-refractivity contribution in [2.75, 3.05) is 5.32 Å². The molecule has 4 nitrogen and oxygen atoms in total. The quantitative estimate of drug-likeness (QED) is 0.540. The third kappa shape index (κ3) is 2.65. The highest BCUT2D eigenvalue weighted by molar-refractivity contribution is 5.75. The van der Waals surface area contributed by atoms with Gasteiger partial charge in [-0.25, -0.2) is 5.48 Å². The molecule has 0 saturated heterocycles. The molecular formula is C13H16N2O2. The van der Waals surface area contributed by atoms with Gasteiger partial charge < -0.3 is 5.32 Å². The minimum absolute atomic E-state index is 0.0505. The van der Waals surface area contributed by atoms with Crippen LogP contribution in [0.2, 0.25) is 0 Å². The van der Waals surface area contributed by atoms with Crippen molar-refractivity contribution in [3.8, 4) is 0 Å². The first kappa shape index (κ1) is 11.7. The molecule has 0 aromatic heterocycles. The molecule has 0 aliphatic carbocycles. The van der Waals surface area contributed by atoms with Crippen LogP contribution in [0.15, 0.2) is 36.5 Å². The first-order valence-electron chi connectivity index (χ1n) is 5.67. The van der Waals surface area contributed by atoms with E-state index in [1.165, 1.54) is 5.56 Å². The van der Waals surface area contributed by atoms with Crippen molar-refractivity contribution >= 4 is 11.6 Å². The molecular weight excluding hydrogens is 216 g/mol. The average molecular weight is 232 g/mol. The van der Waals surface area contributed by atoms with E-state index in [1.807, 2.05) is 18.2 Å². The van der Waals surface area contributed by atoms with Gasteiger partial charge in [0, 0.05) is 23.7 Å². The number of para-hydroxylation sites is 1. The molecule has 1 heterocycles. The van der Waals surface area contributed by atoms with E-state index in [1.54, 1.807) is 5.48 Å². The lowest BCUT2D eigenvalue weighted by molar-refractivity contribution is -0.129. The highest BCUT2D eigenvalue weighted by Gasteiger charge is 2.21. The van der Waals surface area contributed by atoms with Crippen LogP contribution in [0.1, 0.15) is 18.4 Å². The fourth-order valence-corrected chi connectivity index (χ4v) is 2.13. The number of carbonyl (C=O) groups excluding carboxylic acids is 1. The van der Waals surface area contributed by atoms with E-state index in [-0.39, 0.29) is 18.2 Å². The van der Waals surface area contributed by atoms with E-state index in [0.29, 0.717) is 0 Å². The summed E-state index contributed by atoms with van der Waals surface area (Å²) in [6.07, 6.45) is 2.03. The molecule has 90 valence electrons. The predicted octanol–water partition coefficient (Wildman–Crippen LogP) is 2.07. The van der Waals surface area contributed by atoms with Crippen molar-refractivity contribution < 1.29 is 10.0 Å². The smallest absolute Gasteiger partial charge is 0.244 e. The third-order valence-electron chi connectivity index (χ3n) is 3.12. The first-order valence-corrected chi connectivity index (χ1v) is 5.67. The lowest BCUT2D eigenvalue weighted by atomic mass is 9.95. The van der Waals surface area contributed by atoms with Crippen LogP contribution in [-0.2, 0) is 11.2 Å². The molecule has 0 spiro atoms. The fourth-order valence-electron chi connectivity index (χ4n) is 2.13. The molecule has 1 amide bonds. The van der Waals surface area contributed by atoms with E-state index >= 15 is 0 Å². The maximum Gasteiger partial charge on any atom is 0.244 e. The minimum atomic E-state index is -0.371. The Bertz CT molecular complexity index is 443. The largest absolute Gasteiger partial charge is 0.359 e. The number of aryl methyl sites for hydroxylation is 1. The number of anilines is 1. The molecule has 1 aromatic rings. The summed E-state index contributed by atoms with van der Waals surface area (Å²) < 4.78 is 0. The van der Waals surface area contributed by atoms with Gasteiger partial charge in [0.2, 0.25) is 5.91 Å². The third-order valence-corrected chi connectivity index (χ3v) is 3.12. The number of fused-ring (bicyclic) bond motifs is 1. The van der Waals surface area contributed by atoms with Gasteiger partial charge in [0.15, 0.2) is 0 Å². The number of amides is 1. The van der Waals surface area contributed by atoms with Crippen LogP contribution in [-0.4, -0.2) is 11.1 Å². The summed E-state index contributed by atoms with van der Waals surface area (Å²) in [7, 11) is 0. The number of carbonyl (C=O) groups is 1. The van der Waals surface area contributed by atoms with E-state index in [0.717, 1.165) is 24.2 Å². The zero-order chi connectivity index (χ0) is 12.3. The molecule has 1 unspecified atom stereocenters. The van der Waals surface area contributed by atoms with Gasteiger partial charge in [0.05, 0.1) is 0 Å². The predicted molar refractivity (Wildman–Crippen MR) is 65.6 cm³/mol. The lowest BCUT2D eigenvalue weighted by Crippen LogP contribution is -2.23. The Kier molecular flexibility index (Phi) is 3.44. The second kappa shape index (κ2) is 5.01. The monoisotopic (exact) mass is 232 g/mol. The molecule has 3 N–H and O–H groups in total. The summed E-state index contributed by atoms with van der Waals surface area (Å²) in [6.45, 7) is 3.97. The fraction of sp³-hybridized carbons (Fsp3) is 0.308. The SMILES string of the molecule is C=C1Nc2ccccc2CCC1CC(=O)NO. The van der Waals surface area contributed by atoms with Crippen LogP contribution < -0.4 is 10.8 Å². The van der Waals surface area contributed by atoms with Crippen LogP contribution in [0.25, 0.3) is 0 Å². The van der Waals surface area contributed by atoms with E-state index < -0.39 is 0 Å². The lowest BCUT2D eigenvalue weighted by Gasteiger charge is -2.16. The molecule has 1 aliphatic heterocycles. The summed E-state index contributed by atoms with van der Waals surface area (Å²) in [5, 5.41) is 11.8. The second-order valence-electron chi connectivity index (χ2n) is 4.28. The van der Waals surface area contributed by atoms with Crippen molar-refractivity contribution in [2.24, 2.45) is 5.92 Å². The van der Waals surface area contributed by atoms with Gasteiger partial charge in [0.1, 0.15) is 0 Å². The van der Waals surface area contributed by atoms with Crippen molar-refractivity contribution in [1.82, 2.24) is 5.48 Å². The molecule has 0 radical (unpaired) electrons. The van der Waals surface area contributed by atoms with Gasteiger partial charge >= 0.3 is 0 Å². The Morgan fingerprint density at radius 2 is 2.29 bits per heavy atom. The van der Waals surface area contributed by atoms with Crippen LogP contribution >= 0.6 is 0 Å². The standard InChI is InChI=1S/C13H16N2O2/c1-9-11(8-13(16)15-17)7-6-10-4-2-3-5-12(10)14-9/h2-5,11,14,17H,1,6-8H2,(H,15,16). The van der Waals surface area contributed by atoms with Crippen LogP contribution in [0.4, 0.5) is 5.69 Å². The molecule has 1 aromatic carbocycles. The Morgan fingerprint density at radius 3 is 3.06 bits per heavy atom. The highest BCUT2D eigenvalue weighted by Crippen LogP contribution is 2.29. The summed E-state index contributed by atoms with van der Waals surface area (Å²) in [5.74, 6) is -0.321. The molecule has 0 bridgehead atoms. The van der Waals surface area contributed by atoms with Gasteiger partial charge in [-0.1, -0.05) is 24.8 Å². The van der Waals surface area contributed by atoms with Gasteiger partial charge in [-0.05, 0) is 24.5 Å². The number of rotatable bonds is 2. The van der Waals surface area contributed by atoms with E-state index in [4.69, 9.17) is 5.21 Å². The van der Waals surface area contributed by atoms with Crippen LogP contribution in [0.3, 0.4) is 0 Å².